The Morgan fingerprint density at radius 2 is 2.05 bits per heavy atom. The highest BCUT2D eigenvalue weighted by Crippen LogP contribution is 2.27. The van der Waals surface area contributed by atoms with Gasteiger partial charge in [0.15, 0.2) is 0 Å². The Morgan fingerprint density at radius 1 is 1.37 bits per heavy atom. The zero-order valence-corrected chi connectivity index (χ0v) is 11.4. The predicted octanol–water partition coefficient (Wildman–Crippen LogP) is 1.43. The van der Waals surface area contributed by atoms with Crippen molar-refractivity contribution >= 4 is 11.4 Å². The van der Waals surface area contributed by atoms with Crippen LogP contribution >= 0.6 is 0 Å². The first-order valence-electron chi connectivity index (χ1n) is 6.43. The summed E-state index contributed by atoms with van der Waals surface area (Å²) in [5, 5.41) is 0. The van der Waals surface area contributed by atoms with E-state index >= 15 is 0 Å². The summed E-state index contributed by atoms with van der Waals surface area (Å²) >= 11 is 0. The van der Waals surface area contributed by atoms with Gasteiger partial charge in [-0.2, -0.15) is 0 Å². The number of nitrogens with one attached hydrogen (secondary N) is 2. The lowest BCUT2D eigenvalue weighted by Gasteiger charge is -2.30. The lowest BCUT2D eigenvalue weighted by molar-refractivity contribution is 0.240. The predicted molar refractivity (Wildman–Crippen MR) is 74.6 cm³/mol. The normalized spacial score (nSPS) is 17.4. The van der Waals surface area contributed by atoms with Gasteiger partial charge in [-0.3, -0.25) is 0 Å². The molecule has 1 saturated heterocycles. The van der Waals surface area contributed by atoms with Gasteiger partial charge in [0, 0.05) is 18.2 Å². The zero-order valence-electron chi connectivity index (χ0n) is 11.4. The largest absolute Gasteiger partial charge is 0.495 e. The third kappa shape index (κ3) is 3.48. The second-order valence-corrected chi connectivity index (χ2v) is 4.92. The van der Waals surface area contributed by atoms with Gasteiger partial charge in [-0.1, -0.05) is 0 Å². The Morgan fingerprint density at radius 3 is 2.68 bits per heavy atom. The van der Waals surface area contributed by atoms with Crippen molar-refractivity contribution in [1.29, 1.82) is 0 Å². The molecular formula is C13H21FN4O. The molecule has 2 rings (SSSR count). The van der Waals surface area contributed by atoms with Crippen LogP contribution in [0.5, 0.6) is 5.75 Å². The van der Waals surface area contributed by atoms with Gasteiger partial charge in [0.1, 0.15) is 11.6 Å². The molecule has 1 aromatic rings. The fraction of sp³-hybridized carbons (Fsp3) is 0.538. The number of nitrogen functional groups attached to an aromatic ring is 1. The van der Waals surface area contributed by atoms with Crippen molar-refractivity contribution < 1.29 is 9.13 Å². The van der Waals surface area contributed by atoms with E-state index in [2.05, 4.69) is 22.8 Å². The number of hydrogen-bond acceptors (Lipinski definition) is 5. The van der Waals surface area contributed by atoms with Crippen LogP contribution < -0.4 is 21.3 Å². The minimum absolute atomic E-state index is 0.296. The number of anilines is 2. The van der Waals surface area contributed by atoms with Gasteiger partial charge in [-0.05, 0) is 33.0 Å². The van der Waals surface area contributed by atoms with Crippen LogP contribution in [0.2, 0.25) is 0 Å². The number of halogens is 1. The highest BCUT2D eigenvalue weighted by Gasteiger charge is 2.16. The fourth-order valence-corrected chi connectivity index (χ4v) is 2.17. The van der Waals surface area contributed by atoms with Crippen molar-refractivity contribution in [3.8, 4) is 5.75 Å². The van der Waals surface area contributed by atoms with Crippen LogP contribution in [0.4, 0.5) is 15.8 Å². The number of rotatable bonds is 4. The number of hydrogen-bond donors (Lipinski definition) is 3. The number of ether oxygens (including phenoxy) is 1. The molecule has 0 aromatic heterocycles. The molecule has 0 atom stereocenters. The van der Waals surface area contributed by atoms with E-state index in [1.807, 2.05) is 0 Å². The Labute approximate surface area is 112 Å². The van der Waals surface area contributed by atoms with E-state index in [9.17, 15) is 4.39 Å². The third-order valence-corrected chi connectivity index (χ3v) is 3.45. The van der Waals surface area contributed by atoms with Gasteiger partial charge in [-0.25, -0.2) is 9.82 Å². The summed E-state index contributed by atoms with van der Waals surface area (Å²) < 4.78 is 18.8. The van der Waals surface area contributed by atoms with Crippen LogP contribution in [-0.2, 0) is 0 Å². The van der Waals surface area contributed by atoms with E-state index in [-0.39, 0.29) is 0 Å². The Hall–Kier alpha value is -1.53. The van der Waals surface area contributed by atoms with E-state index in [0.29, 0.717) is 23.2 Å². The van der Waals surface area contributed by atoms with Crippen LogP contribution in [0.1, 0.15) is 12.8 Å². The molecular weight excluding hydrogens is 247 g/mol. The van der Waals surface area contributed by atoms with E-state index in [4.69, 9.17) is 10.5 Å². The summed E-state index contributed by atoms with van der Waals surface area (Å²) in [6, 6.07) is 3.17. The molecule has 0 saturated carbocycles. The van der Waals surface area contributed by atoms with Crippen LogP contribution in [0, 0.1) is 5.82 Å². The van der Waals surface area contributed by atoms with Crippen molar-refractivity contribution in [3.05, 3.63) is 17.9 Å². The summed E-state index contributed by atoms with van der Waals surface area (Å²) in [7, 11) is 3.62. The molecule has 0 aliphatic carbocycles. The first-order chi connectivity index (χ1) is 9.10. The number of piperidine rings is 1. The maximum atomic E-state index is 13.7. The fourth-order valence-electron chi connectivity index (χ4n) is 2.17. The van der Waals surface area contributed by atoms with Gasteiger partial charge >= 0.3 is 0 Å². The molecule has 1 aromatic carbocycles. The van der Waals surface area contributed by atoms with Crippen LogP contribution in [-0.4, -0.2) is 38.2 Å². The number of methoxy groups -OCH3 is 1. The van der Waals surface area contributed by atoms with E-state index in [1.54, 1.807) is 6.07 Å². The maximum absolute atomic E-state index is 13.7. The van der Waals surface area contributed by atoms with Gasteiger partial charge < -0.3 is 20.8 Å². The van der Waals surface area contributed by atoms with Crippen molar-refractivity contribution in [2.24, 2.45) is 0 Å². The highest BCUT2D eigenvalue weighted by atomic mass is 19.1. The number of benzene rings is 1. The SMILES string of the molecule is COc1cc(NNC2CCN(C)CC2)c(F)cc1N. The maximum Gasteiger partial charge on any atom is 0.149 e. The van der Waals surface area contributed by atoms with E-state index in [0.717, 1.165) is 25.9 Å². The van der Waals surface area contributed by atoms with Crippen LogP contribution in [0.25, 0.3) is 0 Å². The molecule has 0 spiro atoms. The summed E-state index contributed by atoms with van der Waals surface area (Å²) in [4.78, 5) is 2.28. The lowest BCUT2D eigenvalue weighted by Crippen LogP contribution is -2.43. The van der Waals surface area contributed by atoms with Crippen molar-refractivity contribution in [2.75, 3.05) is 38.4 Å². The minimum Gasteiger partial charge on any atom is -0.495 e. The minimum atomic E-state index is -0.390. The van der Waals surface area contributed by atoms with Gasteiger partial charge in [-0.15, -0.1) is 0 Å². The standard InChI is InChI=1S/C13H21FN4O/c1-18-5-3-9(4-6-18)16-17-12-8-13(19-2)11(15)7-10(12)14/h7-9,16-17H,3-6,15H2,1-2H3. The monoisotopic (exact) mass is 268 g/mol. The molecule has 0 amide bonds. The van der Waals surface area contributed by atoms with Crippen LogP contribution in [0.3, 0.4) is 0 Å². The van der Waals surface area contributed by atoms with Gasteiger partial charge in [0.25, 0.3) is 0 Å². The summed E-state index contributed by atoms with van der Waals surface area (Å²) in [5.74, 6) is 0.0767. The average molecular weight is 268 g/mol. The van der Waals surface area contributed by atoms with Gasteiger partial charge in [0.2, 0.25) is 0 Å². The third-order valence-electron chi connectivity index (χ3n) is 3.45. The highest BCUT2D eigenvalue weighted by molar-refractivity contribution is 5.61. The summed E-state index contributed by atoms with van der Waals surface area (Å²) in [6.45, 7) is 2.10. The van der Waals surface area contributed by atoms with Crippen LogP contribution in [0.15, 0.2) is 12.1 Å². The van der Waals surface area contributed by atoms with Crippen molar-refractivity contribution in [1.82, 2.24) is 10.3 Å². The molecule has 5 nitrogen and oxygen atoms in total. The first-order valence-corrected chi connectivity index (χ1v) is 6.43. The van der Waals surface area contributed by atoms with Gasteiger partial charge in [0.05, 0.1) is 18.5 Å². The molecule has 106 valence electrons. The summed E-state index contributed by atoms with van der Waals surface area (Å²) in [6.07, 6.45) is 2.08. The molecule has 0 bridgehead atoms. The number of nitrogens with zero attached hydrogens (tertiary/aromatic N) is 1. The van der Waals surface area contributed by atoms with E-state index in [1.165, 1.54) is 13.2 Å². The smallest absolute Gasteiger partial charge is 0.149 e. The van der Waals surface area contributed by atoms with Crippen molar-refractivity contribution in [3.63, 3.8) is 0 Å². The second kappa shape index (κ2) is 6.08. The molecule has 1 heterocycles. The molecule has 4 N–H and O–H groups in total. The Bertz CT molecular complexity index is 433. The quantitative estimate of drug-likeness (QED) is 0.569. The van der Waals surface area contributed by atoms with Crippen molar-refractivity contribution in [2.45, 2.75) is 18.9 Å². The molecule has 1 fully saturated rings. The summed E-state index contributed by atoms with van der Waals surface area (Å²) in [5.41, 5.74) is 12.4. The lowest BCUT2D eigenvalue weighted by atomic mass is 10.1. The topological polar surface area (TPSA) is 62.5 Å². The Balaban J connectivity index is 1.95. The average Bonchev–Trinajstić information content (AvgIpc) is 2.40. The first kappa shape index (κ1) is 13.9. The molecule has 0 unspecified atom stereocenters. The van der Waals surface area contributed by atoms with E-state index < -0.39 is 5.82 Å². The second-order valence-electron chi connectivity index (χ2n) is 4.92. The molecule has 19 heavy (non-hydrogen) atoms. The number of hydrazine groups is 1. The molecule has 1 aliphatic heterocycles. The molecule has 0 radical (unpaired) electrons. The molecule has 6 heteroatoms. The number of nitrogens with two attached hydrogens (primary N) is 1. The molecule has 1 aliphatic rings. The number of likely N-dealkylation sites (tertiary alicyclic amines) is 1. The zero-order chi connectivity index (χ0) is 13.8. The Kier molecular flexibility index (Phi) is 4.44.